The van der Waals surface area contributed by atoms with Gasteiger partial charge in [0.05, 0.1) is 5.54 Å². The topological polar surface area (TPSA) is 67.2 Å². The van der Waals surface area contributed by atoms with E-state index in [9.17, 15) is 4.79 Å². The van der Waals surface area contributed by atoms with E-state index >= 15 is 0 Å². The van der Waals surface area contributed by atoms with Crippen molar-refractivity contribution < 1.29 is 4.79 Å². The zero-order valence-corrected chi connectivity index (χ0v) is 5.99. The van der Waals surface area contributed by atoms with Gasteiger partial charge in [-0.25, -0.2) is 5.43 Å². The number of carbonyl (C=O) groups excluding carboxylic acids is 1. The molecule has 0 radical (unpaired) electrons. The van der Waals surface area contributed by atoms with Crippen LogP contribution in [-0.2, 0) is 4.79 Å². The van der Waals surface area contributed by atoms with Gasteiger partial charge >= 0.3 is 0 Å². The van der Waals surface area contributed by atoms with E-state index < -0.39 is 5.54 Å². The monoisotopic (exact) mass is 131 g/mol. The van der Waals surface area contributed by atoms with Crippen molar-refractivity contribution in [3.63, 3.8) is 0 Å². The average molecular weight is 131 g/mol. The van der Waals surface area contributed by atoms with Crippen LogP contribution in [0.2, 0.25) is 0 Å². The second kappa shape index (κ2) is 2.91. The Morgan fingerprint density at radius 3 is 2.11 bits per heavy atom. The van der Waals surface area contributed by atoms with E-state index in [2.05, 4.69) is 11.0 Å². The first-order valence-corrected chi connectivity index (χ1v) is 2.74. The molecule has 0 spiro atoms. The zero-order chi connectivity index (χ0) is 7.49. The summed E-state index contributed by atoms with van der Waals surface area (Å²) in [6, 6.07) is 0. The number of Topliss-reactive ketones (excluding diaryl/α,β-unsaturated/α-hetero) is 1. The molecule has 0 aromatic carbocycles. The number of carbonyl (C=O) groups is 1. The van der Waals surface area contributed by atoms with Crippen LogP contribution in [0.1, 0.15) is 20.8 Å². The van der Waals surface area contributed by atoms with Crippen molar-refractivity contribution in [2.45, 2.75) is 26.3 Å². The minimum Gasteiger partial charge on any atom is -0.298 e. The molecule has 4 heteroatoms. The lowest BCUT2D eigenvalue weighted by atomic mass is 10.0. The van der Waals surface area contributed by atoms with Gasteiger partial charge in [0.1, 0.15) is 0 Å². The van der Waals surface area contributed by atoms with Gasteiger partial charge in [-0.1, -0.05) is 0 Å². The molecule has 0 unspecified atom stereocenters. The molecular weight excluding hydrogens is 118 g/mol. The van der Waals surface area contributed by atoms with Crippen LogP contribution in [0.25, 0.3) is 0 Å². The van der Waals surface area contributed by atoms with Crippen molar-refractivity contribution in [2.75, 3.05) is 0 Å². The van der Waals surface area contributed by atoms with Crippen molar-refractivity contribution in [3.05, 3.63) is 0 Å². The van der Waals surface area contributed by atoms with Gasteiger partial charge in [0.25, 0.3) is 0 Å². The summed E-state index contributed by atoms with van der Waals surface area (Å²) < 4.78 is 0. The average Bonchev–Trinajstić information content (AvgIpc) is 1.65. The predicted molar refractivity (Wildman–Crippen MR) is 35.2 cm³/mol. The van der Waals surface area contributed by atoms with Gasteiger partial charge in [0.15, 0.2) is 5.78 Å². The first-order chi connectivity index (χ1) is 4.00. The van der Waals surface area contributed by atoms with Crippen molar-refractivity contribution in [3.8, 4) is 0 Å². The minimum absolute atomic E-state index is 0.0421. The molecule has 0 rings (SSSR count). The highest BCUT2D eigenvalue weighted by Gasteiger charge is 2.21. The molecule has 4 N–H and O–H groups in total. The van der Waals surface area contributed by atoms with Crippen LogP contribution in [0.4, 0.5) is 0 Å². The molecule has 0 bridgehead atoms. The summed E-state index contributed by atoms with van der Waals surface area (Å²) in [4.78, 5) is 10.7. The highest BCUT2D eigenvalue weighted by atomic mass is 16.1. The van der Waals surface area contributed by atoms with Crippen molar-refractivity contribution in [2.24, 2.45) is 5.84 Å². The maximum absolute atomic E-state index is 10.7. The Morgan fingerprint density at radius 2 is 2.00 bits per heavy atom. The maximum atomic E-state index is 10.7. The second-order valence-corrected chi connectivity index (χ2v) is 2.45. The fourth-order valence-corrected chi connectivity index (χ4v) is 0.268. The van der Waals surface area contributed by atoms with E-state index in [1.165, 1.54) is 6.92 Å². The summed E-state index contributed by atoms with van der Waals surface area (Å²) >= 11 is 0. The standard InChI is InChI=1S/C5H13N3O/c1-4(9)5(2,3)7-8-6/h7-8H,6H2,1-3H3. The summed E-state index contributed by atoms with van der Waals surface area (Å²) in [5, 5.41) is 0. The molecule has 0 aromatic rings. The second-order valence-electron chi connectivity index (χ2n) is 2.45. The number of hydrogen-bond donors (Lipinski definition) is 3. The highest BCUT2D eigenvalue weighted by Crippen LogP contribution is 1.99. The molecule has 0 amide bonds. The fourth-order valence-electron chi connectivity index (χ4n) is 0.268. The lowest BCUT2D eigenvalue weighted by Gasteiger charge is -2.21. The predicted octanol–water partition coefficient (Wildman–Crippen LogP) is -0.678. The molecule has 54 valence electrons. The Labute approximate surface area is 54.7 Å². The molecule has 0 fully saturated rings. The SMILES string of the molecule is CC(=O)C(C)(C)NNN. The molecule has 0 aliphatic carbocycles. The molecule has 0 aliphatic rings. The zero-order valence-electron chi connectivity index (χ0n) is 5.99. The molecule has 0 aliphatic heterocycles. The Bertz CT molecular complexity index is 111. The van der Waals surface area contributed by atoms with Crippen LogP contribution in [0, 0.1) is 0 Å². The smallest absolute Gasteiger partial charge is 0.150 e. The van der Waals surface area contributed by atoms with Crippen LogP contribution in [0.5, 0.6) is 0 Å². The Kier molecular flexibility index (Phi) is 2.76. The summed E-state index contributed by atoms with van der Waals surface area (Å²) in [6.45, 7) is 4.99. The molecule has 0 saturated heterocycles. The largest absolute Gasteiger partial charge is 0.298 e. The van der Waals surface area contributed by atoms with Gasteiger partial charge in [0.2, 0.25) is 0 Å². The maximum Gasteiger partial charge on any atom is 0.150 e. The first kappa shape index (κ1) is 8.55. The Balaban J connectivity index is 3.85. The number of ketones is 1. The molecule has 0 saturated carbocycles. The molecule has 0 atom stereocenters. The minimum atomic E-state index is -0.575. The molecule has 4 nitrogen and oxygen atoms in total. The summed E-state index contributed by atoms with van der Waals surface area (Å²) in [5.41, 5.74) is 4.24. The van der Waals surface area contributed by atoms with Gasteiger partial charge < -0.3 is 0 Å². The van der Waals surface area contributed by atoms with E-state index in [1.54, 1.807) is 13.8 Å². The van der Waals surface area contributed by atoms with E-state index in [0.29, 0.717) is 0 Å². The third-order valence-corrected chi connectivity index (χ3v) is 1.26. The summed E-state index contributed by atoms with van der Waals surface area (Å²) in [5.74, 6) is 4.98. The van der Waals surface area contributed by atoms with Crippen LogP contribution < -0.4 is 16.8 Å². The van der Waals surface area contributed by atoms with E-state index in [4.69, 9.17) is 5.84 Å². The Morgan fingerprint density at radius 1 is 1.56 bits per heavy atom. The summed E-state index contributed by atoms with van der Waals surface area (Å²) in [6.07, 6.45) is 0. The lowest BCUT2D eigenvalue weighted by Crippen LogP contribution is -2.55. The number of nitrogens with two attached hydrogens (primary N) is 1. The van der Waals surface area contributed by atoms with Gasteiger partial charge in [-0.05, 0) is 20.8 Å². The third-order valence-electron chi connectivity index (χ3n) is 1.26. The normalized spacial score (nSPS) is 11.6. The number of rotatable bonds is 3. The van der Waals surface area contributed by atoms with Crippen molar-refractivity contribution in [1.82, 2.24) is 11.0 Å². The molecule has 0 aromatic heterocycles. The molecule has 9 heavy (non-hydrogen) atoms. The van der Waals surface area contributed by atoms with E-state index in [1.807, 2.05) is 0 Å². The molecule has 0 heterocycles. The van der Waals surface area contributed by atoms with Gasteiger partial charge in [-0.15, -0.1) is 0 Å². The van der Waals surface area contributed by atoms with E-state index in [0.717, 1.165) is 0 Å². The Hall–Kier alpha value is -0.450. The third kappa shape index (κ3) is 2.55. The van der Waals surface area contributed by atoms with Crippen LogP contribution in [-0.4, -0.2) is 11.3 Å². The van der Waals surface area contributed by atoms with Gasteiger partial charge in [-0.3, -0.25) is 10.6 Å². The van der Waals surface area contributed by atoms with Crippen molar-refractivity contribution in [1.29, 1.82) is 0 Å². The van der Waals surface area contributed by atoms with Crippen LogP contribution in [0.15, 0.2) is 0 Å². The quantitative estimate of drug-likeness (QED) is 0.351. The van der Waals surface area contributed by atoms with Crippen LogP contribution in [0.3, 0.4) is 0 Å². The molecular formula is C5H13N3O. The summed E-state index contributed by atoms with van der Waals surface area (Å²) in [7, 11) is 0. The number of hydrazine groups is 2. The fraction of sp³-hybridized carbons (Fsp3) is 0.800. The van der Waals surface area contributed by atoms with Crippen molar-refractivity contribution >= 4 is 5.78 Å². The number of nitrogens with one attached hydrogen (secondary N) is 2. The van der Waals surface area contributed by atoms with Crippen LogP contribution >= 0.6 is 0 Å². The van der Waals surface area contributed by atoms with E-state index in [-0.39, 0.29) is 5.78 Å². The van der Waals surface area contributed by atoms with Gasteiger partial charge in [0, 0.05) is 0 Å². The van der Waals surface area contributed by atoms with Gasteiger partial charge in [-0.2, -0.15) is 5.53 Å². The highest BCUT2D eigenvalue weighted by molar-refractivity contribution is 5.84. The number of hydrogen-bond acceptors (Lipinski definition) is 4. The first-order valence-electron chi connectivity index (χ1n) is 2.74. The lowest BCUT2D eigenvalue weighted by molar-refractivity contribution is -0.122.